The van der Waals surface area contributed by atoms with Gasteiger partial charge in [-0.05, 0) is 25.0 Å². The highest BCUT2D eigenvalue weighted by Gasteiger charge is 2.24. The quantitative estimate of drug-likeness (QED) is 0.658. The highest BCUT2D eigenvalue weighted by Crippen LogP contribution is 2.22. The summed E-state index contributed by atoms with van der Waals surface area (Å²) in [6.07, 6.45) is 8.65. The lowest BCUT2D eigenvalue weighted by Crippen LogP contribution is -2.42. The van der Waals surface area contributed by atoms with Crippen LogP contribution in [-0.2, 0) is 14.3 Å². The van der Waals surface area contributed by atoms with E-state index in [1.807, 2.05) is 35.2 Å². The number of hydrogen-bond donors (Lipinski definition) is 0. The lowest BCUT2D eigenvalue weighted by atomic mass is 9.95. The van der Waals surface area contributed by atoms with Crippen molar-refractivity contribution in [3.63, 3.8) is 0 Å². The molecule has 0 unspecified atom stereocenters. The molecule has 0 aromatic heterocycles. The maximum absolute atomic E-state index is 12.8. The van der Waals surface area contributed by atoms with Crippen molar-refractivity contribution >= 4 is 11.9 Å². The zero-order valence-electron chi connectivity index (χ0n) is 15.8. The molecule has 0 aliphatic heterocycles. The summed E-state index contributed by atoms with van der Waals surface area (Å²) in [4.78, 5) is 26.3. The van der Waals surface area contributed by atoms with Crippen LogP contribution in [0.25, 0.3) is 0 Å². The summed E-state index contributed by atoms with van der Waals surface area (Å²) < 4.78 is 10.4. The summed E-state index contributed by atoms with van der Waals surface area (Å²) in [6.45, 7) is 0.784. The van der Waals surface area contributed by atoms with Gasteiger partial charge >= 0.3 is 5.97 Å². The Balaban J connectivity index is 1.91. The van der Waals surface area contributed by atoms with Crippen molar-refractivity contribution in [2.24, 2.45) is 0 Å². The van der Waals surface area contributed by atoms with Gasteiger partial charge in [-0.25, -0.2) is 0 Å². The van der Waals surface area contributed by atoms with E-state index in [4.69, 9.17) is 9.47 Å². The van der Waals surface area contributed by atoms with Gasteiger partial charge in [-0.15, -0.1) is 0 Å². The number of benzene rings is 1. The number of carbonyl (C=O) groups is 2. The van der Waals surface area contributed by atoms with Crippen molar-refractivity contribution in [3.05, 3.63) is 30.3 Å². The van der Waals surface area contributed by atoms with Crippen LogP contribution < -0.4 is 4.74 Å². The van der Waals surface area contributed by atoms with Crippen molar-refractivity contribution in [2.75, 3.05) is 20.3 Å². The van der Waals surface area contributed by atoms with Crippen LogP contribution in [0.15, 0.2) is 30.3 Å². The minimum absolute atomic E-state index is 0.0652. The molecule has 1 amide bonds. The first kappa shape index (κ1) is 20.3. The zero-order valence-corrected chi connectivity index (χ0v) is 15.8. The molecule has 1 aromatic rings. The molecule has 2 rings (SSSR count). The third-order valence-corrected chi connectivity index (χ3v) is 4.95. The normalized spacial score (nSPS) is 15.6. The van der Waals surface area contributed by atoms with Crippen LogP contribution in [0.5, 0.6) is 5.75 Å². The molecule has 26 heavy (non-hydrogen) atoms. The summed E-state index contributed by atoms with van der Waals surface area (Å²) in [6, 6.07) is 9.75. The molecule has 0 bridgehead atoms. The summed E-state index contributed by atoms with van der Waals surface area (Å²) in [5, 5.41) is 0. The van der Waals surface area contributed by atoms with Crippen molar-refractivity contribution in [1.82, 2.24) is 4.90 Å². The largest absolute Gasteiger partial charge is 0.493 e. The second-order valence-corrected chi connectivity index (χ2v) is 6.82. The molecule has 0 N–H and O–H groups in total. The van der Waals surface area contributed by atoms with Crippen molar-refractivity contribution < 1.29 is 19.1 Å². The van der Waals surface area contributed by atoms with E-state index in [1.54, 1.807) is 0 Å². The van der Waals surface area contributed by atoms with E-state index in [-0.39, 0.29) is 24.3 Å². The van der Waals surface area contributed by atoms with Gasteiger partial charge in [0.05, 0.1) is 26.6 Å². The maximum Gasteiger partial charge on any atom is 0.307 e. The van der Waals surface area contributed by atoms with Gasteiger partial charge in [0.25, 0.3) is 0 Å². The Bertz CT molecular complexity index is 538. The number of carbonyl (C=O) groups excluding carboxylic acids is 2. The van der Waals surface area contributed by atoms with Gasteiger partial charge in [0.15, 0.2) is 0 Å². The SMILES string of the molecule is COC(=O)CCN(C(=O)CCOc1ccccc1)C1CCCCCCC1. The predicted octanol–water partition coefficient (Wildman–Crippen LogP) is 3.96. The molecule has 1 aliphatic carbocycles. The van der Waals surface area contributed by atoms with Gasteiger partial charge in [0.2, 0.25) is 5.91 Å². The molecule has 0 radical (unpaired) electrons. The highest BCUT2D eigenvalue weighted by molar-refractivity contribution is 5.77. The summed E-state index contributed by atoms with van der Waals surface area (Å²) >= 11 is 0. The van der Waals surface area contributed by atoms with Gasteiger partial charge in [-0.2, -0.15) is 0 Å². The third kappa shape index (κ3) is 7.06. The van der Waals surface area contributed by atoms with E-state index in [0.29, 0.717) is 19.6 Å². The molecular formula is C21H31NO4. The molecule has 0 atom stereocenters. The number of amides is 1. The molecule has 1 aliphatic rings. The van der Waals surface area contributed by atoms with E-state index in [1.165, 1.54) is 26.4 Å². The van der Waals surface area contributed by atoms with Crippen LogP contribution in [0.2, 0.25) is 0 Å². The fourth-order valence-electron chi connectivity index (χ4n) is 3.49. The number of rotatable bonds is 8. The number of para-hydroxylation sites is 1. The summed E-state index contributed by atoms with van der Waals surface area (Å²) in [5.74, 6) is 0.567. The molecule has 144 valence electrons. The summed E-state index contributed by atoms with van der Waals surface area (Å²) in [5.41, 5.74) is 0. The summed E-state index contributed by atoms with van der Waals surface area (Å²) in [7, 11) is 1.39. The molecule has 0 heterocycles. The lowest BCUT2D eigenvalue weighted by molar-refractivity contribution is -0.142. The minimum Gasteiger partial charge on any atom is -0.493 e. The van der Waals surface area contributed by atoms with E-state index >= 15 is 0 Å². The van der Waals surface area contributed by atoms with Crippen molar-refractivity contribution in [3.8, 4) is 5.75 Å². The van der Waals surface area contributed by atoms with Crippen LogP contribution in [0.4, 0.5) is 0 Å². The molecule has 1 fully saturated rings. The molecule has 0 saturated heterocycles. The van der Waals surface area contributed by atoms with Gasteiger partial charge in [0.1, 0.15) is 5.75 Å². The van der Waals surface area contributed by atoms with Gasteiger partial charge in [0, 0.05) is 12.6 Å². The number of nitrogens with zero attached hydrogens (tertiary/aromatic N) is 1. The molecule has 0 spiro atoms. The average molecular weight is 361 g/mol. The molecule has 1 aromatic carbocycles. The second-order valence-electron chi connectivity index (χ2n) is 6.82. The number of methoxy groups -OCH3 is 1. The lowest BCUT2D eigenvalue weighted by Gasteiger charge is -2.33. The van der Waals surface area contributed by atoms with E-state index in [2.05, 4.69) is 0 Å². The van der Waals surface area contributed by atoms with E-state index in [0.717, 1.165) is 31.4 Å². The zero-order chi connectivity index (χ0) is 18.6. The van der Waals surface area contributed by atoms with Gasteiger partial charge < -0.3 is 14.4 Å². The Morgan fingerprint density at radius 2 is 1.65 bits per heavy atom. The average Bonchev–Trinajstić information content (AvgIpc) is 2.63. The molecule has 5 heteroatoms. The standard InChI is InChI=1S/C21H31NO4/c1-25-21(24)14-16-22(18-10-6-3-2-4-7-11-18)20(23)15-17-26-19-12-8-5-9-13-19/h5,8-9,12-13,18H,2-4,6-7,10-11,14-17H2,1H3. The van der Waals surface area contributed by atoms with Crippen LogP contribution in [-0.4, -0.2) is 43.1 Å². The fraction of sp³-hybridized carbons (Fsp3) is 0.619. The van der Waals surface area contributed by atoms with E-state index < -0.39 is 0 Å². The fourth-order valence-corrected chi connectivity index (χ4v) is 3.49. The van der Waals surface area contributed by atoms with Gasteiger partial charge in [-0.3, -0.25) is 9.59 Å². The molecule has 1 saturated carbocycles. The first-order chi connectivity index (χ1) is 12.7. The topological polar surface area (TPSA) is 55.8 Å². The van der Waals surface area contributed by atoms with Crippen molar-refractivity contribution in [1.29, 1.82) is 0 Å². The van der Waals surface area contributed by atoms with Crippen LogP contribution in [0, 0.1) is 0 Å². The predicted molar refractivity (Wildman–Crippen MR) is 101 cm³/mol. The number of ether oxygens (including phenoxy) is 2. The Kier molecular flexibility index (Phi) is 9.01. The van der Waals surface area contributed by atoms with Crippen molar-refractivity contribution in [2.45, 2.75) is 63.8 Å². The Morgan fingerprint density at radius 1 is 1.00 bits per heavy atom. The Hall–Kier alpha value is -2.04. The maximum atomic E-state index is 12.8. The first-order valence-corrected chi connectivity index (χ1v) is 9.75. The van der Waals surface area contributed by atoms with E-state index in [9.17, 15) is 9.59 Å². The number of esters is 1. The van der Waals surface area contributed by atoms with Gasteiger partial charge in [-0.1, -0.05) is 50.3 Å². The monoisotopic (exact) mass is 361 g/mol. The molecule has 5 nitrogen and oxygen atoms in total. The van der Waals surface area contributed by atoms with Crippen LogP contribution >= 0.6 is 0 Å². The second kappa shape index (κ2) is 11.6. The Labute approximate surface area is 156 Å². The highest BCUT2D eigenvalue weighted by atomic mass is 16.5. The molecular weight excluding hydrogens is 330 g/mol. The third-order valence-electron chi connectivity index (χ3n) is 4.95. The smallest absolute Gasteiger partial charge is 0.307 e. The first-order valence-electron chi connectivity index (χ1n) is 9.75. The minimum atomic E-state index is -0.269. The van der Waals surface area contributed by atoms with Crippen LogP contribution in [0.3, 0.4) is 0 Å². The Morgan fingerprint density at radius 3 is 2.31 bits per heavy atom. The number of hydrogen-bond acceptors (Lipinski definition) is 4. The van der Waals surface area contributed by atoms with Crippen LogP contribution in [0.1, 0.15) is 57.8 Å².